The fourth-order valence-corrected chi connectivity index (χ4v) is 2.03. The summed E-state index contributed by atoms with van der Waals surface area (Å²) in [6, 6.07) is 10.2. The monoisotopic (exact) mass is 291 g/mol. The molecule has 0 atom stereocenters. The van der Waals surface area contributed by atoms with Crippen molar-refractivity contribution in [2.45, 2.75) is 0 Å². The van der Waals surface area contributed by atoms with Crippen LogP contribution in [0.25, 0.3) is 17.0 Å². The first-order valence-electron chi connectivity index (χ1n) is 5.01. The minimum absolute atomic E-state index is 0.304. The van der Waals surface area contributed by atoms with E-state index in [1.807, 2.05) is 18.3 Å². The smallest absolute Gasteiger partial charge is 0.171 e. The van der Waals surface area contributed by atoms with Crippen molar-refractivity contribution in [2.24, 2.45) is 0 Å². The second kappa shape index (κ2) is 3.92. The second-order valence-corrected chi connectivity index (χ2v) is 4.49. The summed E-state index contributed by atoms with van der Waals surface area (Å²) in [5.74, 6) is 0.196. The van der Waals surface area contributed by atoms with Crippen molar-refractivity contribution in [3.8, 4) is 11.4 Å². The third-order valence-corrected chi connectivity index (χ3v) is 2.95. The maximum Gasteiger partial charge on any atom is 0.171 e. The number of aromatic nitrogens is 3. The van der Waals surface area contributed by atoms with Crippen molar-refractivity contribution >= 4 is 21.6 Å². The van der Waals surface area contributed by atoms with Gasteiger partial charge in [0.25, 0.3) is 0 Å². The Bertz CT molecular complexity index is 693. The molecule has 0 aliphatic heterocycles. The van der Waals surface area contributed by atoms with Crippen LogP contribution >= 0.6 is 15.9 Å². The quantitative estimate of drug-likeness (QED) is 0.689. The number of hydrogen-bond donors (Lipinski definition) is 0. The SMILES string of the molecule is Fc1ccccc1-c1nnc2ccc(Br)cn12. The maximum absolute atomic E-state index is 13.7. The molecule has 0 N–H and O–H groups in total. The van der Waals surface area contributed by atoms with Gasteiger partial charge in [0.1, 0.15) is 5.82 Å². The van der Waals surface area contributed by atoms with Crippen LogP contribution in [0.3, 0.4) is 0 Å². The molecule has 5 heteroatoms. The van der Waals surface area contributed by atoms with Gasteiger partial charge in [-0.05, 0) is 40.2 Å². The first-order chi connectivity index (χ1) is 8.25. The summed E-state index contributed by atoms with van der Waals surface area (Å²) in [5.41, 5.74) is 1.13. The summed E-state index contributed by atoms with van der Waals surface area (Å²) < 4.78 is 16.3. The third kappa shape index (κ3) is 1.72. The van der Waals surface area contributed by atoms with Gasteiger partial charge in [0.15, 0.2) is 11.5 Å². The Morgan fingerprint density at radius 1 is 1.06 bits per heavy atom. The lowest BCUT2D eigenvalue weighted by Crippen LogP contribution is -1.91. The van der Waals surface area contributed by atoms with Crippen LogP contribution in [0.1, 0.15) is 0 Å². The van der Waals surface area contributed by atoms with Gasteiger partial charge in [0.05, 0.1) is 5.56 Å². The molecule has 0 aliphatic carbocycles. The molecule has 0 amide bonds. The van der Waals surface area contributed by atoms with Crippen molar-refractivity contribution in [1.82, 2.24) is 14.6 Å². The fourth-order valence-electron chi connectivity index (χ4n) is 1.69. The summed E-state index contributed by atoms with van der Waals surface area (Å²) in [7, 11) is 0. The molecular formula is C12H7BrFN3. The maximum atomic E-state index is 13.7. The molecule has 0 bridgehead atoms. The zero-order valence-corrected chi connectivity index (χ0v) is 10.2. The molecule has 17 heavy (non-hydrogen) atoms. The molecule has 0 unspecified atom stereocenters. The number of hydrogen-bond acceptors (Lipinski definition) is 2. The van der Waals surface area contributed by atoms with E-state index in [4.69, 9.17) is 0 Å². The molecule has 3 nitrogen and oxygen atoms in total. The van der Waals surface area contributed by atoms with Crippen molar-refractivity contribution < 1.29 is 4.39 Å². The standard InChI is InChI=1S/C12H7BrFN3/c13-8-5-6-11-15-16-12(17(11)7-8)9-3-1-2-4-10(9)14/h1-7H. The molecule has 0 saturated heterocycles. The Balaban J connectivity index is 2.31. The molecular weight excluding hydrogens is 285 g/mol. The van der Waals surface area contributed by atoms with E-state index in [1.54, 1.807) is 22.6 Å². The molecule has 0 fully saturated rings. The molecule has 0 spiro atoms. The highest BCUT2D eigenvalue weighted by atomic mass is 79.9. The normalized spacial score (nSPS) is 10.9. The van der Waals surface area contributed by atoms with E-state index in [0.717, 1.165) is 4.47 Å². The molecule has 2 aromatic heterocycles. The average molecular weight is 292 g/mol. The highest BCUT2D eigenvalue weighted by molar-refractivity contribution is 9.10. The van der Waals surface area contributed by atoms with Crippen LogP contribution in [0, 0.1) is 5.82 Å². The van der Waals surface area contributed by atoms with Gasteiger partial charge >= 0.3 is 0 Å². The summed E-state index contributed by atoms with van der Waals surface area (Å²) in [6.07, 6.45) is 1.82. The molecule has 2 heterocycles. The Hall–Kier alpha value is -1.75. The molecule has 3 aromatic rings. The summed E-state index contributed by atoms with van der Waals surface area (Å²) >= 11 is 3.37. The van der Waals surface area contributed by atoms with Crippen molar-refractivity contribution in [2.75, 3.05) is 0 Å². The van der Waals surface area contributed by atoms with E-state index in [9.17, 15) is 4.39 Å². The second-order valence-electron chi connectivity index (χ2n) is 3.58. The molecule has 0 radical (unpaired) electrons. The van der Waals surface area contributed by atoms with Crippen LogP contribution in [0.2, 0.25) is 0 Å². The Morgan fingerprint density at radius 3 is 2.71 bits per heavy atom. The molecule has 0 saturated carbocycles. The lowest BCUT2D eigenvalue weighted by molar-refractivity contribution is 0.629. The number of halogens is 2. The fraction of sp³-hybridized carbons (Fsp3) is 0. The van der Waals surface area contributed by atoms with Crippen molar-refractivity contribution in [1.29, 1.82) is 0 Å². The van der Waals surface area contributed by atoms with Gasteiger partial charge in [-0.3, -0.25) is 4.40 Å². The Kier molecular flexibility index (Phi) is 2.40. The Labute approximate surface area is 105 Å². The van der Waals surface area contributed by atoms with Crippen LogP contribution in [-0.2, 0) is 0 Å². The number of pyridine rings is 1. The zero-order chi connectivity index (χ0) is 11.8. The number of nitrogens with zero attached hydrogens (tertiary/aromatic N) is 3. The van der Waals surface area contributed by atoms with Gasteiger partial charge in [-0.2, -0.15) is 0 Å². The van der Waals surface area contributed by atoms with Gasteiger partial charge in [-0.15, -0.1) is 10.2 Å². The van der Waals surface area contributed by atoms with Crippen LogP contribution < -0.4 is 0 Å². The van der Waals surface area contributed by atoms with Gasteiger partial charge < -0.3 is 0 Å². The zero-order valence-electron chi connectivity index (χ0n) is 8.64. The van der Waals surface area contributed by atoms with Crippen LogP contribution in [0.4, 0.5) is 4.39 Å². The first-order valence-corrected chi connectivity index (χ1v) is 5.80. The lowest BCUT2D eigenvalue weighted by atomic mass is 10.2. The van der Waals surface area contributed by atoms with E-state index >= 15 is 0 Å². The average Bonchev–Trinajstić information content (AvgIpc) is 2.72. The summed E-state index contributed by atoms with van der Waals surface area (Å²) in [5, 5.41) is 8.02. The summed E-state index contributed by atoms with van der Waals surface area (Å²) in [6.45, 7) is 0. The number of rotatable bonds is 1. The molecule has 3 rings (SSSR count). The lowest BCUT2D eigenvalue weighted by Gasteiger charge is -2.01. The van der Waals surface area contributed by atoms with Crippen LogP contribution in [-0.4, -0.2) is 14.6 Å². The van der Waals surface area contributed by atoms with E-state index < -0.39 is 0 Å². The predicted molar refractivity (Wildman–Crippen MR) is 66.1 cm³/mol. The first kappa shape index (κ1) is 10.4. The predicted octanol–water partition coefficient (Wildman–Crippen LogP) is 3.30. The molecule has 1 aromatic carbocycles. The Morgan fingerprint density at radius 2 is 1.88 bits per heavy atom. The topological polar surface area (TPSA) is 30.2 Å². The third-order valence-electron chi connectivity index (χ3n) is 2.48. The van der Waals surface area contributed by atoms with Crippen molar-refractivity contribution in [3.63, 3.8) is 0 Å². The van der Waals surface area contributed by atoms with Gasteiger partial charge in [0, 0.05) is 10.7 Å². The molecule has 0 aliphatic rings. The van der Waals surface area contributed by atoms with Gasteiger partial charge in [-0.1, -0.05) is 12.1 Å². The van der Waals surface area contributed by atoms with E-state index in [1.165, 1.54) is 6.07 Å². The highest BCUT2D eigenvalue weighted by Crippen LogP contribution is 2.22. The van der Waals surface area contributed by atoms with Crippen LogP contribution in [0.5, 0.6) is 0 Å². The van der Waals surface area contributed by atoms with Crippen molar-refractivity contribution in [3.05, 3.63) is 52.9 Å². The minimum atomic E-state index is -0.304. The van der Waals surface area contributed by atoms with Gasteiger partial charge in [-0.25, -0.2) is 4.39 Å². The summed E-state index contributed by atoms with van der Waals surface area (Å²) in [4.78, 5) is 0. The van der Waals surface area contributed by atoms with E-state index in [-0.39, 0.29) is 5.82 Å². The minimum Gasteiger partial charge on any atom is -0.281 e. The van der Waals surface area contributed by atoms with Crippen LogP contribution in [0.15, 0.2) is 47.1 Å². The highest BCUT2D eigenvalue weighted by Gasteiger charge is 2.11. The number of benzene rings is 1. The number of fused-ring (bicyclic) bond motifs is 1. The van der Waals surface area contributed by atoms with E-state index in [2.05, 4.69) is 26.1 Å². The largest absolute Gasteiger partial charge is 0.281 e. The van der Waals surface area contributed by atoms with E-state index in [0.29, 0.717) is 17.0 Å². The molecule has 84 valence electrons. The van der Waals surface area contributed by atoms with Gasteiger partial charge in [0.2, 0.25) is 0 Å².